The number of imidazole rings is 1. The second-order valence-electron chi connectivity index (χ2n) is 6.07. The highest BCUT2D eigenvalue weighted by Gasteiger charge is 2.20. The van der Waals surface area contributed by atoms with Crippen LogP contribution in [0.25, 0.3) is 22.2 Å². The quantitative estimate of drug-likeness (QED) is 0.730. The summed E-state index contributed by atoms with van der Waals surface area (Å²) >= 11 is 1.42. The van der Waals surface area contributed by atoms with Crippen molar-refractivity contribution in [2.75, 3.05) is 6.26 Å². The maximum atomic E-state index is 11.9. The van der Waals surface area contributed by atoms with Crippen molar-refractivity contribution in [3.8, 4) is 11.1 Å². The Morgan fingerprint density at radius 2 is 2.12 bits per heavy atom. The van der Waals surface area contributed by atoms with Crippen LogP contribution in [0.5, 0.6) is 0 Å². The van der Waals surface area contributed by atoms with Gasteiger partial charge in [-0.15, -0.1) is 0 Å². The third-order valence-electron chi connectivity index (χ3n) is 3.89. The SMILES string of the molecule is CSc1nc2c(CC(C)C)c(-c3cccnc3)ccc2n1C(N)=O. The number of pyridine rings is 1. The van der Waals surface area contributed by atoms with Crippen molar-refractivity contribution in [3.05, 3.63) is 42.2 Å². The summed E-state index contributed by atoms with van der Waals surface area (Å²) in [6, 6.07) is 7.40. The first-order valence-corrected chi connectivity index (χ1v) is 9.04. The number of fused-ring (bicyclic) bond motifs is 1. The van der Waals surface area contributed by atoms with E-state index in [1.54, 1.807) is 6.20 Å². The van der Waals surface area contributed by atoms with Crippen LogP contribution in [0.4, 0.5) is 4.79 Å². The summed E-state index contributed by atoms with van der Waals surface area (Å²) in [7, 11) is 0. The molecule has 3 aromatic rings. The smallest absolute Gasteiger partial charge is 0.325 e. The van der Waals surface area contributed by atoms with E-state index in [1.165, 1.54) is 16.3 Å². The summed E-state index contributed by atoms with van der Waals surface area (Å²) in [5, 5.41) is 0.617. The van der Waals surface area contributed by atoms with Crippen molar-refractivity contribution in [2.45, 2.75) is 25.4 Å². The molecule has 0 aliphatic rings. The summed E-state index contributed by atoms with van der Waals surface area (Å²) < 4.78 is 1.48. The highest BCUT2D eigenvalue weighted by molar-refractivity contribution is 7.98. The van der Waals surface area contributed by atoms with Gasteiger partial charge in [-0.25, -0.2) is 14.3 Å². The molecule has 124 valence electrons. The molecule has 2 N–H and O–H groups in total. The number of nitrogens with zero attached hydrogens (tertiary/aromatic N) is 3. The molecule has 5 nitrogen and oxygen atoms in total. The molecular weight excluding hydrogens is 320 g/mol. The Bertz CT molecular complexity index is 887. The fourth-order valence-corrected chi connectivity index (χ4v) is 3.49. The average Bonchev–Trinajstić information content (AvgIpc) is 2.95. The molecule has 24 heavy (non-hydrogen) atoms. The normalized spacial score (nSPS) is 11.3. The lowest BCUT2D eigenvalue weighted by atomic mass is 9.93. The van der Waals surface area contributed by atoms with Crippen molar-refractivity contribution >= 4 is 28.8 Å². The predicted octanol–water partition coefficient (Wildman–Crippen LogP) is 3.95. The first-order valence-electron chi connectivity index (χ1n) is 7.81. The third-order valence-corrected chi connectivity index (χ3v) is 4.53. The Hall–Kier alpha value is -2.34. The van der Waals surface area contributed by atoms with Crippen LogP contribution < -0.4 is 5.73 Å². The summed E-state index contributed by atoms with van der Waals surface area (Å²) in [6.45, 7) is 4.35. The number of primary amides is 1. The zero-order chi connectivity index (χ0) is 17.3. The first kappa shape index (κ1) is 16.5. The van der Waals surface area contributed by atoms with Gasteiger partial charge in [-0.2, -0.15) is 0 Å². The van der Waals surface area contributed by atoms with Gasteiger partial charge in [0.15, 0.2) is 5.16 Å². The highest BCUT2D eigenvalue weighted by atomic mass is 32.2. The van der Waals surface area contributed by atoms with E-state index in [0.717, 1.165) is 34.1 Å². The highest BCUT2D eigenvalue weighted by Crippen LogP contribution is 2.33. The van der Waals surface area contributed by atoms with Gasteiger partial charge >= 0.3 is 6.03 Å². The molecular formula is C18H20N4OS. The van der Waals surface area contributed by atoms with Crippen molar-refractivity contribution in [1.29, 1.82) is 0 Å². The average molecular weight is 340 g/mol. The van der Waals surface area contributed by atoms with Crippen molar-refractivity contribution in [2.24, 2.45) is 11.7 Å². The van der Waals surface area contributed by atoms with E-state index in [9.17, 15) is 4.79 Å². The molecule has 0 spiro atoms. The number of nitrogens with two attached hydrogens (primary N) is 1. The molecule has 1 aromatic carbocycles. The maximum Gasteiger partial charge on any atom is 0.325 e. The minimum Gasteiger partial charge on any atom is -0.351 e. The van der Waals surface area contributed by atoms with Crippen LogP contribution in [-0.2, 0) is 6.42 Å². The predicted molar refractivity (Wildman–Crippen MR) is 98.3 cm³/mol. The Balaban J connectivity index is 2.33. The van der Waals surface area contributed by atoms with Gasteiger partial charge in [0.25, 0.3) is 0 Å². The van der Waals surface area contributed by atoms with Crippen LogP contribution >= 0.6 is 11.8 Å². The molecule has 0 radical (unpaired) electrons. The third kappa shape index (κ3) is 2.89. The van der Waals surface area contributed by atoms with E-state index in [0.29, 0.717) is 11.1 Å². The van der Waals surface area contributed by atoms with E-state index in [4.69, 9.17) is 10.7 Å². The number of benzene rings is 1. The molecule has 2 aromatic heterocycles. The summed E-state index contributed by atoms with van der Waals surface area (Å²) in [5.41, 5.74) is 10.4. The molecule has 0 atom stereocenters. The van der Waals surface area contributed by atoms with Crippen molar-refractivity contribution in [1.82, 2.24) is 14.5 Å². The van der Waals surface area contributed by atoms with Crippen LogP contribution in [0.3, 0.4) is 0 Å². The van der Waals surface area contributed by atoms with E-state index in [2.05, 4.69) is 18.8 Å². The summed E-state index contributed by atoms with van der Waals surface area (Å²) in [6.07, 6.45) is 6.37. The number of amides is 1. The minimum absolute atomic E-state index is 0.461. The zero-order valence-electron chi connectivity index (χ0n) is 14.0. The zero-order valence-corrected chi connectivity index (χ0v) is 14.8. The fraction of sp³-hybridized carbons (Fsp3) is 0.278. The van der Waals surface area contributed by atoms with Crippen LogP contribution in [0, 0.1) is 5.92 Å². The molecule has 0 unspecified atom stereocenters. The lowest BCUT2D eigenvalue weighted by Gasteiger charge is -2.13. The van der Waals surface area contributed by atoms with Gasteiger partial charge in [-0.3, -0.25) is 4.98 Å². The van der Waals surface area contributed by atoms with Gasteiger partial charge in [0.2, 0.25) is 0 Å². The van der Waals surface area contributed by atoms with Gasteiger partial charge in [-0.1, -0.05) is 37.7 Å². The molecule has 0 bridgehead atoms. The lowest BCUT2D eigenvalue weighted by molar-refractivity contribution is 0.249. The second kappa shape index (κ2) is 6.65. The van der Waals surface area contributed by atoms with Gasteiger partial charge in [-0.05, 0) is 41.9 Å². The molecule has 3 rings (SSSR count). The lowest BCUT2D eigenvalue weighted by Crippen LogP contribution is -2.20. The van der Waals surface area contributed by atoms with Crippen LogP contribution in [0.1, 0.15) is 19.4 Å². The second-order valence-corrected chi connectivity index (χ2v) is 6.84. The maximum absolute atomic E-state index is 11.9. The standard InChI is InChI=1S/C18H20N4OS/c1-11(2)9-14-13(12-5-4-8-20-10-12)6-7-15-16(14)21-18(24-3)22(15)17(19)23/h4-8,10-11H,9H2,1-3H3,(H2,19,23). The number of hydrogen-bond acceptors (Lipinski definition) is 4. The van der Waals surface area contributed by atoms with Gasteiger partial charge < -0.3 is 5.73 Å². The number of carbonyl (C=O) groups is 1. The fourth-order valence-electron chi connectivity index (χ4n) is 2.94. The van der Waals surface area contributed by atoms with Gasteiger partial charge in [0.1, 0.15) is 0 Å². The van der Waals surface area contributed by atoms with E-state index >= 15 is 0 Å². The van der Waals surface area contributed by atoms with Crippen LogP contribution in [0.2, 0.25) is 0 Å². The molecule has 2 heterocycles. The molecule has 0 saturated carbocycles. The largest absolute Gasteiger partial charge is 0.351 e. The monoisotopic (exact) mass is 340 g/mol. The molecule has 0 fully saturated rings. The van der Waals surface area contributed by atoms with Crippen molar-refractivity contribution < 1.29 is 4.79 Å². The van der Waals surface area contributed by atoms with E-state index in [-0.39, 0.29) is 0 Å². The van der Waals surface area contributed by atoms with Crippen LogP contribution in [-0.4, -0.2) is 26.8 Å². The van der Waals surface area contributed by atoms with Gasteiger partial charge in [0.05, 0.1) is 11.0 Å². The molecule has 6 heteroatoms. The Morgan fingerprint density at radius 3 is 2.71 bits per heavy atom. The van der Waals surface area contributed by atoms with E-state index in [1.807, 2.05) is 36.7 Å². The molecule has 0 saturated heterocycles. The number of thioether (sulfide) groups is 1. The minimum atomic E-state index is -0.508. The Morgan fingerprint density at radius 1 is 1.33 bits per heavy atom. The number of aromatic nitrogens is 3. The first-order chi connectivity index (χ1) is 11.5. The topological polar surface area (TPSA) is 73.8 Å². The number of rotatable bonds is 4. The van der Waals surface area contributed by atoms with E-state index < -0.39 is 6.03 Å². The molecule has 0 aliphatic carbocycles. The molecule has 0 aliphatic heterocycles. The number of carbonyl (C=O) groups excluding carboxylic acids is 1. The summed E-state index contributed by atoms with van der Waals surface area (Å²) in [4.78, 5) is 20.8. The Kier molecular flexibility index (Phi) is 4.57. The Labute approximate surface area is 145 Å². The van der Waals surface area contributed by atoms with Crippen LogP contribution in [0.15, 0.2) is 41.8 Å². The molecule has 1 amide bonds. The number of hydrogen-bond donors (Lipinski definition) is 1. The summed E-state index contributed by atoms with van der Waals surface area (Å²) in [5.74, 6) is 0.461. The van der Waals surface area contributed by atoms with Crippen molar-refractivity contribution in [3.63, 3.8) is 0 Å². The van der Waals surface area contributed by atoms with Gasteiger partial charge in [0, 0.05) is 18.0 Å².